The summed E-state index contributed by atoms with van der Waals surface area (Å²) in [6, 6.07) is 21.3. The van der Waals surface area contributed by atoms with Crippen LogP contribution in [0.2, 0.25) is 0 Å². The Morgan fingerprint density at radius 2 is 1.48 bits per heavy atom. The van der Waals surface area contributed by atoms with E-state index in [1.165, 1.54) is 24.3 Å². The van der Waals surface area contributed by atoms with Crippen molar-refractivity contribution in [3.05, 3.63) is 94.5 Å². The van der Waals surface area contributed by atoms with Gasteiger partial charge in [-0.3, -0.25) is 14.9 Å². The Hall–Kier alpha value is -4.20. The molecule has 0 aromatic heterocycles. The average molecular weight is 392 g/mol. The highest BCUT2D eigenvalue weighted by Gasteiger charge is 2.21. The maximum atomic E-state index is 12.0. The van der Waals surface area contributed by atoms with Crippen LogP contribution in [0.5, 0.6) is 11.5 Å². The lowest BCUT2D eigenvalue weighted by molar-refractivity contribution is -0.385. The number of nitrogens with zero attached hydrogens (tertiary/aromatic N) is 1. The third-order valence-electron chi connectivity index (χ3n) is 3.77. The van der Waals surface area contributed by atoms with Gasteiger partial charge in [0.2, 0.25) is 0 Å². The SMILES string of the molecule is O=C(COC(=O)c1ccccc1[N+](=O)[O-])Nc1ccc(Oc2ccccc2)cc1. The van der Waals surface area contributed by atoms with E-state index < -0.39 is 23.4 Å². The van der Waals surface area contributed by atoms with Gasteiger partial charge in [0.1, 0.15) is 17.1 Å². The summed E-state index contributed by atoms with van der Waals surface area (Å²) < 4.78 is 10.5. The fourth-order valence-electron chi connectivity index (χ4n) is 2.44. The number of amides is 1. The second-order valence-electron chi connectivity index (χ2n) is 5.84. The Balaban J connectivity index is 1.53. The van der Waals surface area contributed by atoms with E-state index in [1.54, 1.807) is 24.3 Å². The number of para-hydroxylation sites is 2. The predicted molar refractivity (Wildman–Crippen MR) is 105 cm³/mol. The molecular weight excluding hydrogens is 376 g/mol. The number of benzene rings is 3. The first-order valence-electron chi connectivity index (χ1n) is 8.56. The molecule has 0 bridgehead atoms. The fraction of sp³-hybridized carbons (Fsp3) is 0.0476. The topological polar surface area (TPSA) is 108 Å². The first-order valence-corrected chi connectivity index (χ1v) is 8.56. The van der Waals surface area contributed by atoms with Crippen LogP contribution in [0, 0.1) is 10.1 Å². The normalized spacial score (nSPS) is 10.1. The molecule has 0 aliphatic heterocycles. The number of carbonyl (C=O) groups is 2. The summed E-state index contributed by atoms with van der Waals surface area (Å²) in [4.78, 5) is 34.3. The molecule has 0 atom stereocenters. The van der Waals surface area contributed by atoms with E-state index in [-0.39, 0.29) is 11.3 Å². The number of nitro groups is 1. The largest absolute Gasteiger partial charge is 0.457 e. The van der Waals surface area contributed by atoms with Gasteiger partial charge in [-0.05, 0) is 42.5 Å². The van der Waals surface area contributed by atoms with Crippen molar-refractivity contribution in [2.45, 2.75) is 0 Å². The molecule has 8 heteroatoms. The van der Waals surface area contributed by atoms with E-state index in [0.717, 1.165) is 0 Å². The molecule has 0 aliphatic rings. The third-order valence-corrected chi connectivity index (χ3v) is 3.77. The molecule has 0 aliphatic carbocycles. The smallest absolute Gasteiger partial charge is 0.345 e. The molecule has 1 amide bonds. The van der Waals surface area contributed by atoms with Crippen molar-refractivity contribution < 1.29 is 24.0 Å². The van der Waals surface area contributed by atoms with Gasteiger partial charge in [-0.1, -0.05) is 30.3 Å². The molecule has 29 heavy (non-hydrogen) atoms. The monoisotopic (exact) mass is 392 g/mol. The van der Waals surface area contributed by atoms with Gasteiger partial charge in [0.25, 0.3) is 11.6 Å². The van der Waals surface area contributed by atoms with Crippen LogP contribution in [0.3, 0.4) is 0 Å². The molecular formula is C21H16N2O6. The molecule has 0 radical (unpaired) electrons. The van der Waals surface area contributed by atoms with Crippen LogP contribution < -0.4 is 10.1 Å². The maximum Gasteiger partial charge on any atom is 0.345 e. The Morgan fingerprint density at radius 1 is 0.862 bits per heavy atom. The van der Waals surface area contributed by atoms with Gasteiger partial charge in [0, 0.05) is 11.8 Å². The van der Waals surface area contributed by atoms with Crippen molar-refractivity contribution in [1.29, 1.82) is 0 Å². The molecule has 1 N–H and O–H groups in total. The fourth-order valence-corrected chi connectivity index (χ4v) is 2.44. The Labute approximate surface area is 165 Å². The zero-order valence-electron chi connectivity index (χ0n) is 15.1. The summed E-state index contributed by atoms with van der Waals surface area (Å²) >= 11 is 0. The van der Waals surface area contributed by atoms with E-state index >= 15 is 0 Å². The van der Waals surface area contributed by atoms with Crippen molar-refractivity contribution in [2.24, 2.45) is 0 Å². The Morgan fingerprint density at radius 3 is 2.17 bits per heavy atom. The molecule has 0 spiro atoms. The van der Waals surface area contributed by atoms with E-state index in [4.69, 9.17) is 9.47 Å². The molecule has 146 valence electrons. The summed E-state index contributed by atoms with van der Waals surface area (Å²) in [6.07, 6.45) is 0. The molecule has 0 heterocycles. The molecule has 0 unspecified atom stereocenters. The number of carbonyl (C=O) groups excluding carboxylic acids is 2. The van der Waals surface area contributed by atoms with Crippen LogP contribution in [0.15, 0.2) is 78.9 Å². The van der Waals surface area contributed by atoms with Gasteiger partial charge in [-0.2, -0.15) is 0 Å². The number of esters is 1. The van der Waals surface area contributed by atoms with Gasteiger partial charge in [0.15, 0.2) is 6.61 Å². The zero-order valence-corrected chi connectivity index (χ0v) is 15.1. The van der Waals surface area contributed by atoms with Crippen molar-refractivity contribution in [1.82, 2.24) is 0 Å². The summed E-state index contributed by atoms with van der Waals surface area (Å²) in [5, 5.41) is 13.5. The first kappa shape index (κ1) is 19.6. The summed E-state index contributed by atoms with van der Waals surface area (Å²) in [5.41, 5.74) is -0.114. The first-order chi connectivity index (χ1) is 14.0. The van der Waals surface area contributed by atoms with Crippen LogP contribution in [-0.2, 0) is 9.53 Å². The second-order valence-corrected chi connectivity index (χ2v) is 5.84. The van der Waals surface area contributed by atoms with Gasteiger partial charge in [-0.25, -0.2) is 4.79 Å². The molecule has 0 fully saturated rings. The zero-order chi connectivity index (χ0) is 20.6. The number of nitro benzene ring substituents is 1. The van der Waals surface area contributed by atoms with Gasteiger partial charge in [-0.15, -0.1) is 0 Å². The number of hydrogen-bond donors (Lipinski definition) is 1. The van der Waals surface area contributed by atoms with Crippen LogP contribution in [-0.4, -0.2) is 23.4 Å². The van der Waals surface area contributed by atoms with Gasteiger partial charge in [0.05, 0.1) is 4.92 Å². The lowest BCUT2D eigenvalue weighted by atomic mass is 10.2. The van der Waals surface area contributed by atoms with E-state index in [9.17, 15) is 19.7 Å². The number of hydrogen-bond acceptors (Lipinski definition) is 6. The highest BCUT2D eigenvalue weighted by Crippen LogP contribution is 2.22. The van der Waals surface area contributed by atoms with E-state index in [0.29, 0.717) is 17.2 Å². The van der Waals surface area contributed by atoms with Crippen molar-refractivity contribution >= 4 is 23.3 Å². The highest BCUT2D eigenvalue weighted by atomic mass is 16.6. The van der Waals surface area contributed by atoms with Crippen molar-refractivity contribution in [3.8, 4) is 11.5 Å². The minimum absolute atomic E-state index is 0.215. The highest BCUT2D eigenvalue weighted by molar-refractivity contribution is 5.97. The standard InChI is InChI=1S/C21H16N2O6/c24-20(14-28-21(25)18-8-4-5-9-19(18)23(26)27)22-15-10-12-17(13-11-15)29-16-6-2-1-3-7-16/h1-13H,14H2,(H,22,24). The summed E-state index contributed by atoms with van der Waals surface area (Å²) in [6.45, 7) is -0.576. The summed E-state index contributed by atoms with van der Waals surface area (Å²) in [7, 11) is 0. The molecule has 0 saturated heterocycles. The molecule has 8 nitrogen and oxygen atoms in total. The van der Waals surface area contributed by atoms with Gasteiger partial charge >= 0.3 is 5.97 Å². The number of rotatable bonds is 7. The maximum absolute atomic E-state index is 12.0. The van der Waals surface area contributed by atoms with Crippen molar-refractivity contribution in [3.63, 3.8) is 0 Å². The van der Waals surface area contributed by atoms with Crippen molar-refractivity contribution in [2.75, 3.05) is 11.9 Å². The number of ether oxygens (including phenoxy) is 2. The lowest BCUT2D eigenvalue weighted by Crippen LogP contribution is -2.21. The minimum atomic E-state index is -0.945. The molecule has 3 aromatic carbocycles. The quantitative estimate of drug-likeness (QED) is 0.367. The number of nitrogens with one attached hydrogen (secondary N) is 1. The molecule has 3 aromatic rings. The Bertz CT molecular complexity index is 1020. The third kappa shape index (κ3) is 5.39. The van der Waals surface area contributed by atoms with Crippen LogP contribution >= 0.6 is 0 Å². The Kier molecular flexibility index (Phi) is 6.16. The molecule has 3 rings (SSSR count). The predicted octanol–water partition coefficient (Wildman–Crippen LogP) is 4.18. The van der Waals surface area contributed by atoms with Crippen LogP contribution in [0.25, 0.3) is 0 Å². The van der Waals surface area contributed by atoms with Gasteiger partial charge < -0.3 is 14.8 Å². The summed E-state index contributed by atoms with van der Waals surface area (Å²) in [5.74, 6) is -0.240. The number of anilines is 1. The lowest BCUT2D eigenvalue weighted by Gasteiger charge is -2.09. The second kappa shape index (κ2) is 9.14. The van der Waals surface area contributed by atoms with E-state index in [1.807, 2.05) is 30.3 Å². The minimum Gasteiger partial charge on any atom is -0.457 e. The molecule has 0 saturated carbocycles. The van der Waals surface area contributed by atoms with Crippen LogP contribution in [0.1, 0.15) is 10.4 Å². The van der Waals surface area contributed by atoms with Crippen LogP contribution in [0.4, 0.5) is 11.4 Å². The average Bonchev–Trinajstić information content (AvgIpc) is 2.74. The van der Waals surface area contributed by atoms with E-state index in [2.05, 4.69) is 5.32 Å².